The minimum Gasteiger partial charge on any atom is -0.382 e. The van der Waals surface area contributed by atoms with Gasteiger partial charge in [0.2, 0.25) is 0 Å². The number of nitrogens with one attached hydrogen (secondary N) is 1. The molecule has 1 unspecified atom stereocenters. The standard InChI is InChI=1S/C17H19NO/c19-17(15-7-2-1-3-8-15)13-18-11-10-14-6-4-5-9-16(14)12-18/h1-9,17,19H,10-13H2/p+1/t17-/m1/s1. The van der Waals surface area contributed by atoms with Gasteiger partial charge in [-0.05, 0) is 11.1 Å². The Kier molecular flexibility index (Phi) is 3.62. The lowest BCUT2D eigenvalue weighted by Crippen LogP contribution is -3.12. The molecule has 2 aromatic rings. The van der Waals surface area contributed by atoms with Crippen molar-refractivity contribution in [3.63, 3.8) is 0 Å². The predicted molar refractivity (Wildman–Crippen MR) is 75.9 cm³/mol. The second-order valence-electron chi connectivity index (χ2n) is 5.33. The van der Waals surface area contributed by atoms with Crippen LogP contribution in [0.4, 0.5) is 0 Å². The van der Waals surface area contributed by atoms with Crippen molar-refractivity contribution in [3.05, 3.63) is 71.3 Å². The zero-order valence-electron chi connectivity index (χ0n) is 11.0. The molecule has 1 heterocycles. The van der Waals surface area contributed by atoms with Crippen molar-refractivity contribution in [1.82, 2.24) is 0 Å². The molecule has 2 nitrogen and oxygen atoms in total. The maximum absolute atomic E-state index is 10.3. The number of benzene rings is 2. The van der Waals surface area contributed by atoms with Gasteiger partial charge in [-0.1, -0.05) is 54.6 Å². The maximum Gasteiger partial charge on any atom is 0.128 e. The normalized spacial score (nSPS) is 19.7. The number of hydrogen-bond donors (Lipinski definition) is 2. The topological polar surface area (TPSA) is 24.7 Å². The Morgan fingerprint density at radius 3 is 2.42 bits per heavy atom. The van der Waals surface area contributed by atoms with Gasteiger partial charge >= 0.3 is 0 Å². The molecule has 0 amide bonds. The van der Waals surface area contributed by atoms with Crippen LogP contribution < -0.4 is 4.90 Å². The molecule has 2 N–H and O–H groups in total. The smallest absolute Gasteiger partial charge is 0.128 e. The van der Waals surface area contributed by atoms with Gasteiger partial charge < -0.3 is 10.0 Å². The summed E-state index contributed by atoms with van der Waals surface area (Å²) in [5.74, 6) is 0. The molecule has 0 aromatic heterocycles. The van der Waals surface area contributed by atoms with Crippen molar-refractivity contribution in [2.45, 2.75) is 19.1 Å². The van der Waals surface area contributed by atoms with Gasteiger partial charge in [-0.3, -0.25) is 0 Å². The van der Waals surface area contributed by atoms with Crippen molar-refractivity contribution in [2.75, 3.05) is 13.1 Å². The van der Waals surface area contributed by atoms with Gasteiger partial charge in [-0.15, -0.1) is 0 Å². The van der Waals surface area contributed by atoms with E-state index in [2.05, 4.69) is 24.3 Å². The molecule has 0 radical (unpaired) electrons. The zero-order valence-corrected chi connectivity index (χ0v) is 11.0. The van der Waals surface area contributed by atoms with Gasteiger partial charge in [0, 0.05) is 12.0 Å². The van der Waals surface area contributed by atoms with Crippen LogP contribution in [0.5, 0.6) is 0 Å². The molecule has 2 atom stereocenters. The molecule has 1 aliphatic rings. The molecule has 0 saturated heterocycles. The van der Waals surface area contributed by atoms with Crippen LogP contribution in [0.3, 0.4) is 0 Å². The first-order valence-electron chi connectivity index (χ1n) is 6.96. The third kappa shape index (κ3) is 2.86. The van der Waals surface area contributed by atoms with Crippen LogP contribution in [-0.2, 0) is 13.0 Å². The summed E-state index contributed by atoms with van der Waals surface area (Å²) in [5.41, 5.74) is 3.93. The van der Waals surface area contributed by atoms with Crippen molar-refractivity contribution >= 4 is 0 Å². The minimum absolute atomic E-state index is 0.360. The van der Waals surface area contributed by atoms with Gasteiger partial charge in [0.25, 0.3) is 0 Å². The lowest BCUT2D eigenvalue weighted by Gasteiger charge is -2.27. The van der Waals surface area contributed by atoms with Gasteiger partial charge in [0.15, 0.2) is 0 Å². The van der Waals surface area contributed by atoms with Crippen LogP contribution in [0.1, 0.15) is 22.8 Å². The van der Waals surface area contributed by atoms with Gasteiger partial charge in [0.05, 0.1) is 6.54 Å². The molecule has 2 aromatic carbocycles. The summed E-state index contributed by atoms with van der Waals surface area (Å²) in [7, 11) is 0. The average molecular weight is 254 g/mol. The van der Waals surface area contributed by atoms with E-state index in [1.54, 1.807) is 0 Å². The monoisotopic (exact) mass is 254 g/mol. The number of hydrogen-bond acceptors (Lipinski definition) is 1. The second kappa shape index (κ2) is 5.55. The van der Waals surface area contributed by atoms with Crippen LogP contribution in [-0.4, -0.2) is 18.2 Å². The lowest BCUT2D eigenvalue weighted by atomic mass is 9.99. The highest BCUT2D eigenvalue weighted by Crippen LogP contribution is 2.13. The van der Waals surface area contributed by atoms with Gasteiger partial charge in [-0.25, -0.2) is 0 Å². The Bertz CT molecular complexity index is 538. The molecule has 3 rings (SSSR count). The van der Waals surface area contributed by atoms with Crippen LogP contribution in [0, 0.1) is 0 Å². The van der Waals surface area contributed by atoms with Crippen LogP contribution in [0.25, 0.3) is 0 Å². The fourth-order valence-electron chi connectivity index (χ4n) is 2.88. The number of quaternary nitrogens is 1. The number of aliphatic hydroxyl groups excluding tert-OH is 1. The van der Waals surface area contributed by atoms with Crippen LogP contribution in [0.15, 0.2) is 54.6 Å². The first-order chi connectivity index (χ1) is 9.33. The first kappa shape index (κ1) is 12.4. The SMILES string of the molecule is O[C@H](C[NH+]1CCc2ccccc2C1)c1ccccc1. The van der Waals surface area contributed by atoms with E-state index < -0.39 is 0 Å². The zero-order chi connectivity index (χ0) is 13.1. The Hall–Kier alpha value is -1.64. The third-order valence-electron chi connectivity index (χ3n) is 3.97. The van der Waals surface area contributed by atoms with E-state index >= 15 is 0 Å². The quantitative estimate of drug-likeness (QED) is 0.849. The molecule has 2 heteroatoms. The predicted octanol–water partition coefficient (Wildman–Crippen LogP) is 1.36. The number of fused-ring (bicyclic) bond motifs is 1. The van der Waals surface area contributed by atoms with Crippen molar-refractivity contribution in [3.8, 4) is 0 Å². The van der Waals surface area contributed by atoms with Crippen molar-refractivity contribution < 1.29 is 10.0 Å². The summed E-state index contributed by atoms with van der Waals surface area (Å²) >= 11 is 0. The molecule has 1 aliphatic heterocycles. The lowest BCUT2D eigenvalue weighted by molar-refractivity contribution is -0.919. The third-order valence-corrected chi connectivity index (χ3v) is 3.97. The van der Waals surface area contributed by atoms with E-state index in [4.69, 9.17) is 0 Å². The summed E-state index contributed by atoms with van der Waals surface area (Å²) in [6.07, 6.45) is 0.758. The van der Waals surface area contributed by atoms with E-state index in [9.17, 15) is 5.11 Å². The maximum atomic E-state index is 10.3. The summed E-state index contributed by atoms with van der Waals surface area (Å²) < 4.78 is 0. The summed E-state index contributed by atoms with van der Waals surface area (Å²) in [6, 6.07) is 18.6. The highest BCUT2D eigenvalue weighted by Gasteiger charge is 2.22. The van der Waals surface area contributed by atoms with Crippen molar-refractivity contribution in [2.24, 2.45) is 0 Å². The fourth-order valence-corrected chi connectivity index (χ4v) is 2.88. The molecule has 98 valence electrons. The number of rotatable bonds is 3. The fraction of sp³-hybridized carbons (Fsp3) is 0.294. The molecule has 19 heavy (non-hydrogen) atoms. The van der Waals surface area contributed by atoms with E-state index in [0.29, 0.717) is 0 Å². The minimum atomic E-state index is -0.360. The van der Waals surface area contributed by atoms with Gasteiger partial charge in [0.1, 0.15) is 19.2 Å². The Balaban J connectivity index is 1.66. The Labute approximate surface area is 114 Å². The molecule has 0 saturated carbocycles. The molecular weight excluding hydrogens is 234 g/mol. The second-order valence-corrected chi connectivity index (χ2v) is 5.33. The Morgan fingerprint density at radius 1 is 0.947 bits per heavy atom. The van der Waals surface area contributed by atoms with Crippen molar-refractivity contribution in [1.29, 1.82) is 0 Å². The Morgan fingerprint density at radius 2 is 1.63 bits per heavy atom. The molecular formula is C17H20NO+. The first-order valence-corrected chi connectivity index (χ1v) is 6.96. The van der Waals surface area contributed by atoms with Crippen LogP contribution >= 0.6 is 0 Å². The van der Waals surface area contributed by atoms with E-state index in [1.807, 2.05) is 30.3 Å². The summed E-state index contributed by atoms with van der Waals surface area (Å²) in [5, 5.41) is 10.3. The number of aliphatic hydroxyl groups is 1. The molecule has 0 fully saturated rings. The van der Waals surface area contributed by atoms with Gasteiger partial charge in [-0.2, -0.15) is 0 Å². The van der Waals surface area contributed by atoms with E-state index in [-0.39, 0.29) is 6.10 Å². The highest BCUT2D eigenvalue weighted by molar-refractivity contribution is 5.27. The summed E-state index contributed by atoms with van der Waals surface area (Å²) in [6.45, 7) is 2.93. The molecule has 0 aliphatic carbocycles. The van der Waals surface area contributed by atoms with Crippen LogP contribution in [0.2, 0.25) is 0 Å². The molecule has 0 bridgehead atoms. The van der Waals surface area contributed by atoms with E-state index in [0.717, 1.165) is 31.6 Å². The molecule has 0 spiro atoms. The van der Waals surface area contributed by atoms with E-state index in [1.165, 1.54) is 16.0 Å². The largest absolute Gasteiger partial charge is 0.382 e. The summed E-state index contributed by atoms with van der Waals surface area (Å²) in [4.78, 5) is 1.47. The highest BCUT2D eigenvalue weighted by atomic mass is 16.3. The average Bonchev–Trinajstić information content (AvgIpc) is 2.48.